The number of hydrogen-bond donors (Lipinski definition) is 1. The number of hydrogen-bond acceptors (Lipinski definition) is 4. The molecule has 2 unspecified atom stereocenters. The number of benzene rings is 1. The quantitative estimate of drug-likeness (QED) is 0.889. The first-order valence-corrected chi connectivity index (χ1v) is 9.30. The number of piperidine rings is 1. The van der Waals surface area contributed by atoms with E-state index in [2.05, 4.69) is 5.32 Å². The number of carbonyl (C=O) groups is 2. The lowest BCUT2D eigenvalue weighted by atomic mass is 9.98. The van der Waals surface area contributed by atoms with Crippen molar-refractivity contribution < 1.29 is 19.1 Å². The van der Waals surface area contributed by atoms with E-state index in [0.717, 1.165) is 31.2 Å². The van der Waals surface area contributed by atoms with Gasteiger partial charge in [-0.3, -0.25) is 0 Å². The minimum Gasteiger partial charge on any atom is -0.445 e. The molecule has 26 heavy (non-hydrogen) atoms. The summed E-state index contributed by atoms with van der Waals surface area (Å²) < 4.78 is 10.8. The van der Waals surface area contributed by atoms with Gasteiger partial charge in [0.1, 0.15) is 12.2 Å². The van der Waals surface area contributed by atoms with Crippen LogP contribution in [0, 0.1) is 0 Å². The fourth-order valence-electron chi connectivity index (χ4n) is 3.86. The summed E-state index contributed by atoms with van der Waals surface area (Å²) in [5.41, 5.74) is 0.472. The van der Waals surface area contributed by atoms with Gasteiger partial charge >= 0.3 is 12.2 Å². The first-order chi connectivity index (χ1) is 12.3. The first-order valence-electron chi connectivity index (χ1n) is 9.30. The van der Waals surface area contributed by atoms with E-state index in [-0.39, 0.29) is 36.9 Å². The molecule has 0 saturated carbocycles. The van der Waals surface area contributed by atoms with Crippen LogP contribution in [0.15, 0.2) is 30.3 Å². The van der Waals surface area contributed by atoms with Crippen LogP contribution in [-0.2, 0) is 16.1 Å². The van der Waals surface area contributed by atoms with E-state index in [1.54, 1.807) is 0 Å². The molecule has 3 rings (SSSR count). The van der Waals surface area contributed by atoms with Gasteiger partial charge in [-0.2, -0.15) is 0 Å². The second-order valence-corrected chi connectivity index (χ2v) is 8.15. The molecule has 2 bridgehead atoms. The maximum absolute atomic E-state index is 12.5. The van der Waals surface area contributed by atoms with E-state index in [9.17, 15) is 9.59 Å². The largest absolute Gasteiger partial charge is 0.445 e. The summed E-state index contributed by atoms with van der Waals surface area (Å²) in [5, 5.41) is 2.95. The molecule has 2 heterocycles. The monoisotopic (exact) mass is 360 g/mol. The first kappa shape index (κ1) is 18.5. The molecule has 0 radical (unpaired) electrons. The van der Waals surface area contributed by atoms with Gasteiger partial charge in [-0.05, 0) is 52.0 Å². The van der Waals surface area contributed by atoms with Crippen molar-refractivity contribution in [3.05, 3.63) is 35.9 Å². The van der Waals surface area contributed by atoms with Gasteiger partial charge in [-0.25, -0.2) is 9.59 Å². The van der Waals surface area contributed by atoms with Crippen LogP contribution in [-0.4, -0.2) is 40.8 Å². The lowest BCUT2D eigenvalue weighted by molar-refractivity contribution is 0.0403. The molecular weight excluding hydrogens is 332 g/mol. The number of ether oxygens (including phenoxy) is 2. The molecule has 6 nitrogen and oxygen atoms in total. The molecule has 1 aromatic rings. The van der Waals surface area contributed by atoms with Crippen LogP contribution in [0.2, 0.25) is 0 Å². The molecule has 0 aliphatic carbocycles. The third-order valence-electron chi connectivity index (χ3n) is 4.87. The molecule has 3 atom stereocenters. The smallest absolute Gasteiger partial charge is 0.410 e. The van der Waals surface area contributed by atoms with E-state index in [4.69, 9.17) is 9.47 Å². The van der Waals surface area contributed by atoms with Crippen molar-refractivity contribution in [3.63, 3.8) is 0 Å². The zero-order chi connectivity index (χ0) is 18.7. The van der Waals surface area contributed by atoms with Gasteiger partial charge in [0.15, 0.2) is 0 Å². The highest BCUT2D eigenvalue weighted by atomic mass is 16.6. The standard InChI is InChI=1S/C20H28N2O4/c1-20(2,3)26-18(23)21-15-11-16-9-10-17(12-15)22(16)19(24)25-13-14-7-5-4-6-8-14/h4-8,15-17H,9-13H2,1-3H3,(H,21,23)/t15?,16-,17?/m0/s1. The van der Waals surface area contributed by atoms with Gasteiger partial charge in [-0.1, -0.05) is 30.3 Å². The predicted octanol–water partition coefficient (Wildman–Crippen LogP) is 3.84. The van der Waals surface area contributed by atoms with Crippen molar-refractivity contribution in [2.24, 2.45) is 0 Å². The lowest BCUT2D eigenvalue weighted by Gasteiger charge is -2.38. The molecule has 2 saturated heterocycles. The number of alkyl carbamates (subject to hydrolysis) is 1. The second kappa shape index (κ2) is 7.56. The maximum Gasteiger partial charge on any atom is 0.410 e. The van der Waals surface area contributed by atoms with Crippen LogP contribution >= 0.6 is 0 Å². The number of fused-ring (bicyclic) bond motifs is 2. The van der Waals surface area contributed by atoms with E-state index in [1.807, 2.05) is 56.0 Å². The minimum atomic E-state index is -0.509. The van der Waals surface area contributed by atoms with Gasteiger partial charge in [0.05, 0.1) is 0 Å². The van der Waals surface area contributed by atoms with Crippen molar-refractivity contribution in [1.29, 1.82) is 0 Å². The van der Waals surface area contributed by atoms with Crippen LogP contribution in [0.4, 0.5) is 9.59 Å². The number of nitrogens with one attached hydrogen (secondary N) is 1. The highest BCUT2D eigenvalue weighted by Crippen LogP contribution is 2.36. The van der Waals surface area contributed by atoms with Gasteiger partial charge < -0.3 is 19.7 Å². The Labute approximate surface area is 154 Å². The average molecular weight is 360 g/mol. The van der Waals surface area contributed by atoms with Crippen molar-refractivity contribution >= 4 is 12.2 Å². The van der Waals surface area contributed by atoms with Crippen LogP contribution in [0.1, 0.15) is 52.0 Å². The Balaban J connectivity index is 1.52. The molecule has 0 aromatic heterocycles. The molecular formula is C20H28N2O4. The Morgan fingerprint density at radius 3 is 2.31 bits per heavy atom. The number of amides is 2. The van der Waals surface area contributed by atoms with Gasteiger partial charge in [0, 0.05) is 18.1 Å². The van der Waals surface area contributed by atoms with Crippen LogP contribution in [0.3, 0.4) is 0 Å². The molecule has 6 heteroatoms. The fourth-order valence-corrected chi connectivity index (χ4v) is 3.86. The zero-order valence-electron chi connectivity index (χ0n) is 15.7. The fraction of sp³-hybridized carbons (Fsp3) is 0.600. The topological polar surface area (TPSA) is 67.9 Å². The van der Waals surface area contributed by atoms with E-state index in [0.29, 0.717) is 0 Å². The highest BCUT2D eigenvalue weighted by Gasteiger charge is 2.44. The Kier molecular flexibility index (Phi) is 5.39. The summed E-state index contributed by atoms with van der Waals surface area (Å²) in [5.74, 6) is 0. The summed E-state index contributed by atoms with van der Waals surface area (Å²) in [6, 6.07) is 9.97. The molecule has 2 aliphatic rings. The molecule has 2 amide bonds. The van der Waals surface area contributed by atoms with Gasteiger partial charge in [0.2, 0.25) is 0 Å². The summed E-state index contributed by atoms with van der Waals surface area (Å²) in [6.07, 6.45) is 2.76. The van der Waals surface area contributed by atoms with Crippen LogP contribution in [0.5, 0.6) is 0 Å². The lowest BCUT2D eigenvalue weighted by Crippen LogP contribution is -2.53. The Hall–Kier alpha value is -2.24. The van der Waals surface area contributed by atoms with Gasteiger partial charge in [0.25, 0.3) is 0 Å². The molecule has 142 valence electrons. The van der Waals surface area contributed by atoms with Crippen molar-refractivity contribution in [1.82, 2.24) is 10.2 Å². The van der Waals surface area contributed by atoms with Gasteiger partial charge in [-0.15, -0.1) is 0 Å². The SMILES string of the molecule is CC(C)(C)OC(=O)NC1CC2CC[C@@H](C1)N2C(=O)OCc1ccccc1. The van der Waals surface area contributed by atoms with Crippen molar-refractivity contribution in [2.45, 2.75) is 76.8 Å². The summed E-state index contributed by atoms with van der Waals surface area (Å²) in [4.78, 5) is 26.4. The van der Waals surface area contributed by atoms with Crippen LogP contribution in [0.25, 0.3) is 0 Å². The highest BCUT2D eigenvalue weighted by molar-refractivity contribution is 5.70. The van der Waals surface area contributed by atoms with Crippen molar-refractivity contribution in [3.8, 4) is 0 Å². The molecule has 2 fully saturated rings. The third-order valence-corrected chi connectivity index (χ3v) is 4.87. The Bertz CT molecular complexity index is 627. The molecule has 0 spiro atoms. The van der Waals surface area contributed by atoms with E-state index < -0.39 is 5.60 Å². The second-order valence-electron chi connectivity index (χ2n) is 8.15. The van der Waals surface area contributed by atoms with Crippen LogP contribution < -0.4 is 5.32 Å². The normalized spacial score (nSPS) is 24.9. The summed E-state index contributed by atoms with van der Waals surface area (Å²) >= 11 is 0. The Morgan fingerprint density at radius 1 is 1.12 bits per heavy atom. The number of nitrogens with zero attached hydrogens (tertiary/aromatic N) is 1. The number of rotatable bonds is 3. The molecule has 1 aromatic carbocycles. The minimum absolute atomic E-state index is 0.0422. The van der Waals surface area contributed by atoms with E-state index in [1.165, 1.54) is 0 Å². The average Bonchev–Trinajstić information content (AvgIpc) is 2.83. The predicted molar refractivity (Wildman–Crippen MR) is 97.7 cm³/mol. The number of carbonyl (C=O) groups excluding carboxylic acids is 2. The Morgan fingerprint density at radius 2 is 1.73 bits per heavy atom. The maximum atomic E-state index is 12.5. The third kappa shape index (κ3) is 4.68. The summed E-state index contributed by atoms with van der Waals surface area (Å²) in [7, 11) is 0. The van der Waals surface area contributed by atoms with Crippen molar-refractivity contribution in [2.75, 3.05) is 0 Å². The zero-order valence-corrected chi connectivity index (χ0v) is 15.7. The molecule has 2 aliphatic heterocycles. The van der Waals surface area contributed by atoms with E-state index >= 15 is 0 Å². The summed E-state index contributed by atoms with van der Waals surface area (Å²) in [6.45, 7) is 5.83. The molecule has 1 N–H and O–H groups in total.